The standard InChI is InChI=1S/C6H12N2O7P2/c9-16(10,11)6(17(12,13)14)4-15-3-5-7-1-2-8-5/h1-2,6H,3-4H2,(H,7,8)(H2,9,10,11)(H2,12,13,14). The van der Waals surface area contributed by atoms with Crippen molar-refractivity contribution in [3.63, 3.8) is 0 Å². The molecule has 9 nitrogen and oxygen atoms in total. The summed E-state index contributed by atoms with van der Waals surface area (Å²) >= 11 is 0. The van der Waals surface area contributed by atoms with E-state index < -0.39 is 27.2 Å². The number of ether oxygens (including phenoxy) is 1. The number of aromatic nitrogens is 2. The molecule has 0 saturated carbocycles. The van der Waals surface area contributed by atoms with Gasteiger partial charge in [-0.15, -0.1) is 0 Å². The summed E-state index contributed by atoms with van der Waals surface area (Å²) in [5, 5.41) is -2.15. The van der Waals surface area contributed by atoms with Crippen molar-refractivity contribution in [2.24, 2.45) is 0 Å². The van der Waals surface area contributed by atoms with Gasteiger partial charge in [0.2, 0.25) is 0 Å². The minimum Gasteiger partial charge on any atom is -0.372 e. The van der Waals surface area contributed by atoms with E-state index in [1.807, 2.05) is 0 Å². The molecule has 0 aliphatic heterocycles. The molecule has 1 aromatic heterocycles. The van der Waals surface area contributed by atoms with Gasteiger partial charge in [0.25, 0.3) is 0 Å². The third-order valence-corrected chi connectivity index (χ3v) is 5.49. The molecule has 1 aromatic rings. The smallest absolute Gasteiger partial charge is 0.343 e. The number of imidazole rings is 1. The highest BCUT2D eigenvalue weighted by molar-refractivity contribution is 7.70. The summed E-state index contributed by atoms with van der Waals surface area (Å²) in [4.78, 5) is 41.6. The number of H-pyrrole nitrogens is 1. The Labute approximate surface area is 96.2 Å². The number of rotatable bonds is 6. The predicted octanol–water partition coefficient (Wildman–Crippen LogP) is -0.392. The zero-order valence-corrected chi connectivity index (χ0v) is 10.3. The lowest BCUT2D eigenvalue weighted by molar-refractivity contribution is 0.117. The third-order valence-electron chi connectivity index (χ3n) is 1.84. The average molecular weight is 286 g/mol. The Kier molecular flexibility index (Phi) is 4.62. The highest BCUT2D eigenvalue weighted by atomic mass is 31.2. The van der Waals surface area contributed by atoms with Gasteiger partial charge in [0.15, 0.2) is 5.40 Å². The molecule has 0 fully saturated rings. The molecule has 11 heteroatoms. The quantitative estimate of drug-likeness (QED) is 0.443. The lowest BCUT2D eigenvalue weighted by Gasteiger charge is -2.18. The second-order valence-electron chi connectivity index (χ2n) is 3.21. The first-order valence-electron chi connectivity index (χ1n) is 4.37. The fraction of sp³-hybridized carbons (Fsp3) is 0.500. The Morgan fingerprint density at radius 1 is 1.29 bits per heavy atom. The van der Waals surface area contributed by atoms with E-state index in [9.17, 15) is 9.13 Å². The van der Waals surface area contributed by atoms with E-state index >= 15 is 0 Å². The summed E-state index contributed by atoms with van der Waals surface area (Å²) in [5.74, 6) is 0.389. The first-order chi connectivity index (χ1) is 7.71. The van der Waals surface area contributed by atoms with Crippen LogP contribution < -0.4 is 0 Å². The largest absolute Gasteiger partial charge is 0.372 e. The highest BCUT2D eigenvalue weighted by Crippen LogP contribution is 2.59. The second kappa shape index (κ2) is 5.41. The van der Waals surface area contributed by atoms with Crippen LogP contribution in [0.1, 0.15) is 5.82 Å². The van der Waals surface area contributed by atoms with Crippen LogP contribution in [0.5, 0.6) is 0 Å². The van der Waals surface area contributed by atoms with Crippen LogP contribution in [0.25, 0.3) is 0 Å². The molecule has 0 atom stereocenters. The molecule has 1 rings (SSSR count). The van der Waals surface area contributed by atoms with Gasteiger partial charge in [-0.2, -0.15) is 0 Å². The highest BCUT2D eigenvalue weighted by Gasteiger charge is 2.43. The molecule has 17 heavy (non-hydrogen) atoms. The summed E-state index contributed by atoms with van der Waals surface area (Å²) in [7, 11) is -9.85. The number of nitrogens with one attached hydrogen (secondary N) is 1. The lowest BCUT2D eigenvalue weighted by atomic mass is 10.7. The zero-order chi connectivity index (χ0) is 13.1. The lowest BCUT2D eigenvalue weighted by Crippen LogP contribution is -2.17. The van der Waals surface area contributed by atoms with Gasteiger partial charge in [-0.25, -0.2) is 4.98 Å². The molecule has 0 aliphatic rings. The van der Waals surface area contributed by atoms with Gasteiger partial charge in [-0.05, 0) is 0 Å². The maximum absolute atomic E-state index is 10.9. The van der Waals surface area contributed by atoms with E-state index in [0.717, 1.165) is 0 Å². The van der Waals surface area contributed by atoms with Gasteiger partial charge in [-0.1, -0.05) is 0 Å². The van der Waals surface area contributed by atoms with Crippen LogP contribution in [0.4, 0.5) is 0 Å². The summed E-state index contributed by atoms with van der Waals surface area (Å²) in [5.41, 5.74) is 0. The fourth-order valence-corrected chi connectivity index (χ4v) is 3.19. The monoisotopic (exact) mass is 286 g/mol. The van der Waals surface area contributed by atoms with Crippen molar-refractivity contribution >= 4 is 15.2 Å². The van der Waals surface area contributed by atoms with E-state index in [0.29, 0.717) is 5.82 Å². The Morgan fingerprint density at radius 3 is 2.29 bits per heavy atom. The molecule has 0 radical (unpaired) electrons. The Bertz CT molecular complexity index is 413. The van der Waals surface area contributed by atoms with Crippen LogP contribution in [-0.2, 0) is 20.5 Å². The molecule has 0 aliphatic carbocycles. The molecule has 5 N–H and O–H groups in total. The van der Waals surface area contributed by atoms with Gasteiger partial charge in [-0.3, -0.25) is 9.13 Å². The first kappa shape index (κ1) is 14.5. The summed E-state index contributed by atoms with van der Waals surface area (Å²) < 4.78 is 26.6. The van der Waals surface area contributed by atoms with Crippen molar-refractivity contribution in [3.8, 4) is 0 Å². The number of hydrogen-bond donors (Lipinski definition) is 5. The Hall–Kier alpha value is -0.530. The number of nitrogens with zero attached hydrogens (tertiary/aromatic N) is 1. The van der Waals surface area contributed by atoms with Gasteiger partial charge < -0.3 is 29.3 Å². The predicted molar refractivity (Wildman–Crippen MR) is 56.1 cm³/mol. The van der Waals surface area contributed by atoms with Gasteiger partial charge >= 0.3 is 15.2 Å². The minimum atomic E-state index is -4.92. The average Bonchev–Trinajstić information content (AvgIpc) is 2.60. The third kappa shape index (κ3) is 4.69. The molecular formula is C6H12N2O7P2. The Balaban J connectivity index is 2.57. The number of hydrogen-bond acceptors (Lipinski definition) is 4. The van der Waals surface area contributed by atoms with E-state index in [1.54, 1.807) is 0 Å². The number of aromatic amines is 1. The Morgan fingerprint density at radius 2 is 1.88 bits per heavy atom. The normalized spacial score (nSPS) is 13.2. The topological polar surface area (TPSA) is 153 Å². The fourth-order valence-electron chi connectivity index (χ4n) is 1.03. The molecule has 0 bridgehead atoms. The van der Waals surface area contributed by atoms with Crippen molar-refractivity contribution in [1.29, 1.82) is 0 Å². The van der Waals surface area contributed by atoms with E-state index in [4.69, 9.17) is 24.3 Å². The molecule has 0 amide bonds. The molecule has 0 spiro atoms. The van der Waals surface area contributed by atoms with Crippen molar-refractivity contribution in [3.05, 3.63) is 18.2 Å². The van der Waals surface area contributed by atoms with Gasteiger partial charge in [0, 0.05) is 12.4 Å². The zero-order valence-electron chi connectivity index (χ0n) is 8.50. The summed E-state index contributed by atoms with van der Waals surface area (Å²) in [6, 6.07) is 0. The molecule has 0 saturated heterocycles. The van der Waals surface area contributed by atoms with Crippen molar-refractivity contribution in [1.82, 2.24) is 9.97 Å². The maximum atomic E-state index is 10.9. The second-order valence-corrected chi connectivity index (χ2v) is 7.22. The first-order valence-corrected chi connectivity index (χ1v) is 7.74. The van der Waals surface area contributed by atoms with E-state index in [2.05, 4.69) is 9.97 Å². The SMILES string of the molecule is O=P(O)(O)C(COCc1ncc[nH]1)P(=O)(O)O. The molecule has 98 valence electrons. The molecule has 0 unspecified atom stereocenters. The minimum absolute atomic E-state index is 0.122. The molecule has 1 heterocycles. The van der Waals surface area contributed by atoms with Crippen LogP contribution in [0.2, 0.25) is 0 Å². The maximum Gasteiger partial charge on any atom is 0.343 e. The van der Waals surface area contributed by atoms with Crippen LogP contribution in [0.3, 0.4) is 0 Å². The summed E-state index contributed by atoms with van der Waals surface area (Å²) in [6.07, 6.45) is 2.96. The molecular weight excluding hydrogens is 274 g/mol. The van der Waals surface area contributed by atoms with E-state index in [1.165, 1.54) is 12.4 Å². The van der Waals surface area contributed by atoms with Gasteiger partial charge in [0.05, 0.1) is 6.61 Å². The van der Waals surface area contributed by atoms with Gasteiger partial charge in [0.1, 0.15) is 12.4 Å². The van der Waals surface area contributed by atoms with E-state index in [-0.39, 0.29) is 6.61 Å². The van der Waals surface area contributed by atoms with Crippen molar-refractivity contribution in [2.45, 2.75) is 12.0 Å². The van der Waals surface area contributed by atoms with Crippen molar-refractivity contribution < 1.29 is 33.4 Å². The van der Waals surface area contributed by atoms with Crippen LogP contribution in [0, 0.1) is 0 Å². The van der Waals surface area contributed by atoms with Crippen LogP contribution in [0.15, 0.2) is 12.4 Å². The van der Waals surface area contributed by atoms with Crippen LogP contribution >= 0.6 is 15.2 Å². The molecule has 0 aromatic carbocycles. The summed E-state index contributed by atoms with van der Waals surface area (Å²) in [6.45, 7) is -0.876. The van der Waals surface area contributed by atoms with Crippen LogP contribution in [-0.4, -0.2) is 41.5 Å². The van der Waals surface area contributed by atoms with Crippen molar-refractivity contribution in [2.75, 3.05) is 6.61 Å².